The number of nitrogens with zero attached hydrogens (tertiary/aromatic N) is 1. The molecule has 2 amide bonds. The quantitative estimate of drug-likeness (QED) is 0.590. The largest absolute Gasteiger partial charge is 0.326 e. The average Bonchev–Trinajstić information content (AvgIpc) is 3.46. The Morgan fingerprint density at radius 1 is 1.00 bits per heavy atom. The van der Waals surface area contributed by atoms with Gasteiger partial charge in [-0.25, -0.2) is 5.43 Å². The number of hydrazone groups is 1. The van der Waals surface area contributed by atoms with Crippen LogP contribution < -0.4 is 10.7 Å². The molecule has 2 N–H and O–H groups in total. The lowest BCUT2D eigenvalue weighted by Gasteiger charge is -2.06. The van der Waals surface area contributed by atoms with Crippen molar-refractivity contribution in [3.63, 3.8) is 0 Å². The van der Waals surface area contributed by atoms with E-state index in [1.807, 2.05) is 31.2 Å². The average molecular weight is 400 g/mol. The molecule has 1 aliphatic carbocycles. The summed E-state index contributed by atoms with van der Waals surface area (Å²) < 4.78 is 0.988. The van der Waals surface area contributed by atoms with E-state index in [0.717, 1.165) is 22.9 Å². The summed E-state index contributed by atoms with van der Waals surface area (Å²) >= 11 is 3.38. The lowest BCUT2D eigenvalue weighted by molar-refractivity contribution is -0.117. The summed E-state index contributed by atoms with van der Waals surface area (Å²) in [6.45, 7) is 1.83. The third-order valence-corrected chi connectivity index (χ3v) is 4.48. The molecule has 0 bridgehead atoms. The second kappa shape index (κ2) is 7.61. The summed E-state index contributed by atoms with van der Waals surface area (Å²) in [5, 5.41) is 6.98. The van der Waals surface area contributed by atoms with Crippen LogP contribution in [0.1, 0.15) is 35.7 Å². The number of hydrogen-bond donors (Lipinski definition) is 2. The second-order valence-electron chi connectivity index (χ2n) is 5.99. The molecule has 0 radical (unpaired) electrons. The Balaban J connectivity index is 1.59. The maximum atomic E-state index is 12.2. The summed E-state index contributed by atoms with van der Waals surface area (Å²) in [6, 6.07) is 14.5. The molecular weight excluding hydrogens is 382 g/mol. The highest BCUT2D eigenvalue weighted by molar-refractivity contribution is 9.10. The van der Waals surface area contributed by atoms with Crippen molar-refractivity contribution in [1.82, 2.24) is 5.43 Å². The fraction of sp³-hybridized carbons (Fsp3) is 0.211. The molecule has 2 aromatic carbocycles. The number of anilines is 1. The standard InChI is InChI=1S/C19H18BrN3O2/c1-12(13-4-8-16(20)9-5-13)22-23-19(25)15-6-10-17(11-7-15)21-18(24)14-2-3-14/h4-11,14H,2-3H2,1H3,(H,21,24)(H,23,25). The predicted molar refractivity (Wildman–Crippen MR) is 102 cm³/mol. The molecule has 1 saturated carbocycles. The van der Waals surface area contributed by atoms with Crippen molar-refractivity contribution in [3.05, 3.63) is 64.1 Å². The van der Waals surface area contributed by atoms with Gasteiger partial charge in [0.15, 0.2) is 0 Å². The fourth-order valence-electron chi connectivity index (χ4n) is 2.25. The molecule has 0 saturated heterocycles. The van der Waals surface area contributed by atoms with E-state index in [0.29, 0.717) is 17.0 Å². The molecule has 128 valence electrons. The summed E-state index contributed by atoms with van der Waals surface area (Å²) in [6.07, 6.45) is 1.92. The highest BCUT2D eigenvalue weighted by atomic mass is 79.9. The lowest BCUT2D eigenvalue weighted by Crippen LogP contribution is -2.19. The van der Waals surface area contributed by atoms with Gasteiger partial charge in [0.05, 0.1) is 5.71 Å². The van der Waals surface area contributed by atoms with Crippen molar-refractivity contribution >= 4 is 39.1 Å². The topological polar surface area (TPSA) is 70.6 Å². The van der Waals surface area contributed by atoms with Crippen molar-refractivity contribution in [2.45, 2.75) is 19.8 Å². The van der Waals surface area contributed by atoms with Crippen LogP contribution in [-0.2, 0) is 4.79 Å². The first-order valence-electron chi connectivity index (χ1n) is 8.04. The third kappa shape index (κ3) is 4.76. The van der Waals surface area contributed by atoms with Gasteiger partial charge >= 0.3 is 0 Å². The van der Waals surface area contributed by atoms with E-state index in [-0.39, 0.29) is 17.7 Å². The number of rotatable bonds is 5. The molecule has 2 aromatic rings. The molecule has 1 aliphatic rings. The Kier molecular flexibility index (Phi) is 5.28. The van der Waals surface area contributed by atoms with Crippen molar-refractivity contribution in [3.8, 4) is 0 Å². The molecule has 0 aliphatic heterocycles. The van der Waals surface area contributed by atoms with E-state index in [4.69, 9.17) is 0 Å². The van der Waals surface area contributed by atoms with Crippen molar-refractivity contribution < 1.29 is 9.59 Å². The monoisotopic (exact) mass is 399 g/mol. The first-order valence-corrected chi connectivity index (χ1v) is 8.84. The highest BCUT2D eigenvalue weighted by Crippen LogP contribution is 2.30. The van der Waals surface area contributed by atoms with Crippen LogP contribution in [0.3, 0.4) is 0 Å². The minimum absolute atomic E-state index is 0.0481. The van der Waals surface area contributed by atoms with Gasteiger partial charge in [0.2, 0.25) is 5.91 Å². The van der Waals surface area contributed by atoms with Crippen LogP contribution in [0.25, 0.3) is 0 Å². The smallest absolute Gasteiger partial charge is 0.271 e. The minimum atomic E-state index is -0.295. The van der Waals surface area contributed by atoms with E-state index < -0.39 is 0 Å². The lowest BCUT2D eigenvalue weighted by atomic mass is 10.1. The van der Waals surface area contributed by atoms with Crippen molar-refractivity contribution in [2.75, 3.05) is 5.32 Å². The molecule has 25 heavy (non-hydrogen) atoms. The predicted octanol–water partition coefficient (Wildman–Crippen LogP) is 3.95. The number of carbonyl (C=O) groups excluding carboxylic acids is 2. The summed E-state index contributed by atoms with van der Waals surface area (Å²) in [4.78, 5) is 23.9. The molecule has 0 atom stereocenters. The van der Waals surface area contributed by atoms with Gasteiger partial charge in [-0.15, -0.1) is 0 Å². The number of halogens is 1. The molecule has 0 heterocycles. The maximum absolute atomic E-state index is 12.2. The summed E-state index contributed by atoms with van der Waals surface area (Å²) in [5.41, 5.74) is 5.38. The SMILES string of the molecule is CC(=NNC(=O)c1ccc(NC(=O)C2CC2)cc1)c1ccc(Br)cc1. The van der Waals surface area contributed by atoms with Gasteiger partial charge in [0.25, 0.3) is 5.91 Å². The Labute approximate surface area is 154 Å². The first kappa shape index (κ1) is 17.4. The third-order valence-electron chi connectivity index (χ3n) is 3.95. The summed E-state index contributed by atoms with van der Waals surface area (Å²) in [5.74, 6) is -0.0950. The fourth-order valence-corrected chi connectivity index (χ4v) is 2.51. The highest BCUT2D eigenvalue weighted by Gasteiger charge is 2.29. The molecule has 0 unspecified atom stereocenters. The van der Waals surface area contributed by atoms with E-state index in [1.54, 1.807) is 24.3 Å². The zero-order valence-corrected chi connectivity index (χ0v) is 15.3. The number of hydrogen-bond acceptors (Lipinski definition) is 3. The zero-order chi connectivity index (χ0) is 17.8. The summed E-state index contributed by atoms with van der Waals surface area (Å²) in [7, 11) is 0. The normalized spacial score (nSPS) is 14.1. The van der Waals surface area contributed by atoms with Gasteiger partial charge in [-0.2, -0.15) is 5.10 Å². The van der Waals surface area contributed by atoms with Crippen molar-refractivity contribution in [2.24, 2.45) is 11.0 Å². The molecule has 0 spiro atoms. The van der Waals surface area contributed by atoms with Crippen LogP contribution in [0.2, 0.25) is 0 Å². The van der Waals surface area contributed by atoms with Gasteiger partial charge in [-0.05, 0) is 61.7 Å². The van der Waals surface area contributed by atoms with E-state index in [9.17, 15) is 9.59 Å². The number of benzene rings is 2. The Bertz CT molecular complexity index is 810. The maximum Gasteiger partial charge on any atom is 0.271 e. The number of carbonyl (C=O) groups is 2. The Morgan fingerprint density at radius 2 is 1.60 bits per heavy atom. The number of amides is 2. The first-order chi connectivity index (χ1) is 12.0. The van der Waals surface area contributed by atoms with E-state index in [1.165, 1.54) is 0 Å². The van der Waals surface area contributed by atoms with E-state index in [2.05, 4.69) is 31.8 Å². The molecule has 6 heteroatoms. The molecule has 1 fully saturated rings. The van der Waals surface area contributed by atoms with Crippen LogP contribution in [0.15, 0.2) is 58.1 Å². The molecule has 3 rings (SSSR count). The Hall–Kier alpha value is -2.47. The molecule has 5 nitrogen and oxygen atoms in total. The molecular formula is C19H18BrN3O2. The zero-order valence-electron chi connectivity index (χ0n) is 13.8. The van der Waals surface area contributed by atoms with Gasteiger partial charge < -0.3 is 5.32 Å². The van der Waals surface area contributed by atoms with Crippen molar-refractivity contribution in [1.29, 1.82) is 0 Å². The van der Waals surface area contributed by atoms with Crippen LogP contribution in [0.4, 0.5) is 5.69 Å². The van der Waals surface area contributed by atoms with Crippen LogP contribution in [0.5, 0.6) is 0 Å². The Morgan fingerprint density at radius 3 is 2.20 bits per heavy atom. The van der Waals surface area contributed by atoms with E-state index >= 15 is 0 Å². The number of nitrogens with one attached hydrogen (secondary N) is 2. The minimum Gasteiger partial charge on any atom is -0.326 e. The van der Waals surface area contributed by atoms with Gasteiger partial charge in [0, 0.05) is 21.6 Å². The van der Waals surface area contributed by atoms with Crippen LogP contribution in [-0.4, -0.2) is 17.5 Å². The second-order valence-corrected chi connectivity index (χ2v) is 6.90. The van der Waals surface area contributed by atoms with Gasteiger partial charge in [-0.3, -0.25) is 9.59 Å². The molecule has 0 aromatic heterocycles. The van der Waals surface area contributed by atoms with Crippen LogP contribution in [0, 0.1) is 5.92 Å². The van der Waals surface area contributed by atoms with Gasteiger partial charge in [0.1, 0.15) is 0 Å². The van der Waals surface area contributed by atoms with Gasteiger partial charge in [-0.1, -0.05) is 28.1 Å². The van der Waals surface area contributed by atoms with Crippen LogP contribution >= 0.6 is 15.9 Å².